The van der Waals surface area contributed by atoms with Crippen LogP contribution < -0.4 is 20.7 Å². The van der Waals surface area contributed by atoms with Crippen molar-refractivity contribution in [3.8, 4) is 17.6 Å². The van der Waals surface area contributed by atoms with Gasteiger partial charge >= 0.3 is 25.7 Å². The van der Waals surface area contributed by atoms with E-state index in [-0.39, 0.29) is 27.8 Å². The second kappa shape index (κ2) is 18.8. The van der Waals surface area contributed by atoms with E-state index in [0.29, 0.717) is 18.6 Å². The zero-order valence-electron chi connectivity index (χ0n) is 25.9. The summed E-state index contributed by atoms with van der Waals surface area (Å²) in [4.78, 5) is 58.9. The molecule has 0 aliphatic heterocycles. The zero-order valence-corrected chi connectivity index (χ0v) is 28.3. The van der Waals surface area contributed by atoms with Crippen molar-refractivity contribution in [1.29, 1.82) is 5.26 Å². The minimum absolute atomic E-state index is 0.0854. The summed E-state index contributed by atoms with van der Waals surface area (Å²) in [5.74, 6) is -2.31. The number of rotatable bonds is 12. The Labute approximate surface area is 290 Å². The van der Waals surface area contributed by atoms with Gasteiger partial charge in [0.05, 0.1) is 34.4 Å². The van der Waals surface area contributed by atoms with Gasteiger partial charge in [0, 0.05) is 18.7 Å². The quantitative estimate of drug-likeness (QED) is 0.0705. The number of carboxylic acid groups (broad SMARTS) is 2. The van der Waals surface area contributed by atoms with Crippen LogP contribution in [0, 0.1) is 21.4 Å². The summed E-state index contributed by atoms with van der Waals surface area (Å²) in [6, 6.07) is 7.35. The van der Waals surface area contributed by atoms with Crippen LogP contribution in [0.15, 0.2) is 36.4 Å². The molecule has 1 heterocycles. The lowest BCUT2D eigenvalue weighted by atomic mass is 10.1. The molecule has 2 aromatic carbocycles. The van der Waals surface area contributed by atoms with Crippen molar-refractivity contribution in [2.24, 2.45) is 0 Å². The van der Waals surface area contributed by atoms with Gasteiger partial charge in [-0.2, -0.15) is 33.4 Å². The second-order valence-corrected chi connectivity index (χ2v) is 12.2. The molecule has 0 saturated carbocycles. The number of halogens is 5. The first kappa shape index (κ1) is 43.2. The smallest absolute Gasteiger partial charge is 0.416 e. The number of nitrogens with zero attached hydrogens (tertiary/aromatic N) is 5. The van der Waals surface area contributed by atoms with Crippen LogP contribution in [0.4, 0.5) is 30.8 Å². The Kier molecular flexibility index (Phi) is 16.2. The summed E-state index contributed by atoms with van der Waals surface area (Å²) in [5.41, 5.74) is -3.00. The average Bonchev–Trinajstić information content (AvgIpc) is 2.97. The highest BCUT2D eigenvalue weighted by atomic mass is 35.5. The molecule has 0 spiro atoms. The standard InChI is InChI=1S/C14H7ClF3NO5.C9H13ClN6.C3H8NO5P/c15-10-5-7(14(16,17)18)1-4-12(10)24-8-2-3-11(19(22)23)9(6-8)13(20)21;1-4-12-7-13-6(10)14-8(15-7)16-9(2,3)5-11;5-3(6)1-4-2-10(7,8)9/h1-6H,(H,20,21);4H2,1-3H3,(H2,12,13,14,15,16);4H,1-2H2,(H,5,6)(H2,7,8,9). The van der Waals surface area contributed by atoms with Crippen molar-refractivity contribution in [2.45, 2.75) is 32.5 Å². The van der Waals surface area contributed by atoms with E-state index in [1.165, 1.54) is 0 Å². The fourth-order valence-corrected chi connectivity index (χ4v) is 3.84. The highest BCUT2D eigenvalue weighted by molar-refractivity contribution is 7.51. The van der Waals surface area contributed by atoms with Gasteiger partial charge in [0.1, 0.15) is 22.6 Å². The summed E-state index contributed by atoms with van der Waals surface area (Å²) in [5, 5.41) is 44.2. The molecule has 0 amide bonds. The Balaban J connectivity index is 0.000000414. The molecule has 0 radical (unpaired) electrons. The Morgan fingerprint density at radius 3 is 2.18 bits per heavy atom. The number of aromatic nitrogens is 3. The van der Waals surface area contributed by atoms with E-state index >= 15 is 0 Å². The molecular formula is C26H28Cl2F3N8O10P. The Bertz CT molecular complexity index is 1770. The van der Waals surface area contributed by atoms with Gasteiger partial charge in [0.25, 0.3) is 5.69 Å². The maximum Gasteiger partial charge on any atom is 0.416 e. The van der Waals surface area contributed by atoms with Gasteiger partial charge < -0.3 is 35.4 Å². The lowest BCUT2D eigenvalue weighted by Gasteiger charge is -2.17. The molecule has 50 heavy (non-hydrogen) atoms. The highest BCUT2D eigenvalue weighted by Gasteiger charge is 2.31. The topological polar surface area (TPSA) is 283 Å². The van der Waals surface area contributed by atoms with Gasteiger partial charge in [-0.25, -0.2) is 4.79 Å². The number of alkyl halides is 3. The van der Waals surface area contributed by atoms with Gasteiger partial charge in [0.2, 0.25) is 17.2 Å². The minimum Gasteiger partial charge on any atom is -0.480 e. The van der Waals surface area contributed by atoms with Gasteiger partial charge in [-0.1, -0.05) is 11.6 Å². The van der Waals surface area contributed by atoms with E-state index < -0.39 is 65.8 Å². The van der Waals surface area contributed by atoms with Crippen LogP contribution in [-0.4, -0.2) is 76.7 Å². The van der Waals surface area contributed by atoms with Crippen LogP contribution in [0.3, 0.4) is 0 Å². The van der Waals surface area contributed by atoms with E-state index in [1.54, 1.807) is 13.8 Å². The molecular weight excluding hydrogens is 743 g/mol. The summed E-state index contributed by atoms with van der Waals surface area (Å²) in [6.45, 7) is 5.60. The molecule has 1 aromatic heterocycles. The highest BCUT2D eigenvalue weighted by Crippen LogP contribution is 2.37. The lowest BCUT2D eigenvalue weighted by Crippen LogP contribution is -2.29. The Hall–Kier alpha value is -4.84. The van der Waals surface area contributed by atoms with Gasteiger partial charge in [0.15, 0.2) is 0 Å². The fraction of sp³-hybridized carbons (Fsp3) is 0.308. The van der Waals surface area contributed by atoms with E-state index in [0.717, 1.165) is 30.3 Å². The third-order valence-electron chi connectivity index (χ3n) is 5.12. The van der Waals surface area contributed by atoms with E-state index in [1.807, 2.05) is 6.92 Å². The van der Waals surface area contributed by atoms with Crippen LogP contribution in [0.25, 0.3) is 0 Å². The van der Waals surface area contributed by atoms with Crippen molar-refractivity contribution in [3.63, 3.8) is 0 Å². The van der Waals surface area contributed by atoms with Crippen molar-refractivity contribution >= 4 is 60.3 Å². The third-order valence-corrected chi connectivity index (χ3v) is 6.22. The monoisotopic (exact) mass is 770 g/mol. The minimum atomic E-state index is -4.58. The first-order valence-corrected chi connectivity index (χ1v) is 15.9. The number of aromatic carboxylic acids is 1. The van der Waals surface area contributed by atoms with Crippen molar-refractivity contribution in [2.75, 3.05) is 30.0 Å². The first-order valence-electron chi connectivity index (χ1n) is 13.4. The predicted octanol–water partition coefficient (Wildman–Crippen LogP) is 5.22. The summed E-state index contributed by atoms with van der Waals surface area (Å²) in [7, 11) is -4.10. The zero-order chi connectivity index (χ0) is 38.4. The number of carbonyl (C=O) groups is 2. The van der Waals surface area contributed by atoms with Crippen LogP contribution in [0.2, 0.25) is 10.3 Å². The number of hydrogen-bond acceptors (Lipinski definition) is 13. The maximum absolute atomic E-state index is 12.6. The molecule has 0 atom stereocenters. The fourth-order valence-electron chi connectivity index (χ4n) is 3.06. The molecule has 0 fully saturated rings. The van der Waals surface area contributed by atoms with Gasteiger partial charge in [-0.05, 0) is 56.6 Å². The van der Waals surface area contributed by atoms with Crippen LogP contribution >= 0.6 is 30.8 Å². The second-order valence-electron chi connectivity index (χ2n) is 9.77. The van der Waals surface area contributed by atoms with Gasteiger partial charge in [-0.3, -0.25) is 24.8 Å². The number of nitro groups is 1. The number of aliphatic carboxylic acids is 1. The number of nitriles is 1. The molecule has 0 bridgehead atoms. The molecule has 0 unspecified atom stereocenters. The number of nitrogens with one attached hydrogen (secondary N) is 3. The Morgan fingerprint density at radius 2 is 1.70 bits per heavy atom. The molecule has 0 aliphatic carbocycles. The van der Waals surface area contributed by atoms with Crippen LogP contribution in [0.1, 0.15) is 36.7 Å². The summed E-state index contributed by atoms with van der Waals surface area (Å²) >= 11 is 11.5. The first-order chi connectivity index (χ1) is 23.0. The Morgan fingerprint density at radius 1 is 1.08 bits per heavy atom. The molecule has 18 nitrogen and oxygen atoms in total. The maximum atomic E-state index is 12.6. The van der Waals surface area contributed by atoms with Crippen LogP contribution in [0.5, 0.6) is 11.5 Å². The number of ether oxygens (including phenoxy) is 1. The number of benzene rings is 2. The molecule has 3 rings (SSSR count). The van der Waals surface area contributed by atoms with Crippen molar-refractivity contribution < 1.29 is 57.0 Å². The molecule has 7 N–H and O–H groups in total. The lowest BCUT2D eigenvalue weighted by molar-refractivity contribution is -0.385. The molecule has 0 saturated heterocycles. The predicted molar refractivity (Wildman–Crippen MR) is 171 cm³/mol. The van der Waals surface area contributed by atoms with E-state index in [4.69, 9.17) is 53.2 Å². The van der Waals surface area contributed by atoms with Gasteiger partial charge in [-0.15, -0.1) is 0 Å². The van der Waals surface area contributed by atoms with Crippen LogP contribution in [-0.2, 0) is 15.5 Å². The number of carboxylic acids is 2. The van der Waals surface area contributed by atoms with Crippen molar-refractivity contribution in [1.82, 2.24) is 20.3 Å². The molecule has 24 heteroatoms. The molecule has 3 aromatic rings. The summed E-state index contributed by atoms with van der Waals surface area (Å²) < 4.78 is 52.9. The molecule has 272 valence electrons. The normalized spacial score (nSPS) is 11.1. The SMILES string of the molecule is CCNc1nc(Cl)nc(NC(C)(C)C#N)n1.O=C(O)CNCP(=O)(O)O.O=C(O)c1cc(Oc2ccc(C(F)(F)F)cc2Cl)ccc1[N+](=O)[O-]. The number of nitro benzene ring substituents is 1. The number of hydrogen-bond donors (Lipinski definition) is 7. The average molecular weight is 771 g/mol. The van der Waals surface area contributed by atoms with E-state index in [9.17, 15) is 37.4 Å². The van der Waals surface area contributed by atoms with E-state index in [2.05, 4.69) is 37.0 Å². The number of anilines is 2. The summed E-state index contributed by atoms with van der Waals surface area (Å²) in [6.07, 6.45) is -5.18. The van der Waals surface area contributed by atoms with Crippen molar-refractivity contribution in [3.05, 3.63) is 67.9 Å². The third kappa shape index (κ3) is 16.0. The molecule has 0 aliphatic rings. The largest absolute Gasteiger partial charge is 0.480 e.